The lowest BCUT2D eigenvalue weighted by Gasteiger charge is -2.43. The Morgan fingerprint density at radius 3 is 2.83 bits per heavy atom. The maximum Gasteiger partial charge on any atom is 0.126 e. The van der Waals surface area contributed by atoms with E-state index in [4.69, 9.17) is 4.74 Å². The molecule has 3 heteroatoms. The van der Waals surface area contributed by atoms with Gasteiger partial charge in [0.15, 0.2) is 0 Å². The lowest BCUT2D eigenvalue weighted by Crippen LogP contribution is -2.53. The first-order valence-electron chi connectivity index (χ1n) is 6.62. The molecule has 1 aromatic carbocycles. The summed E-state index contributed by atoms with van der Waals surface area (Å²) in [5.41, 5.74) is 0.213. The van der Waals surface area contributed by atoms with Gasteiger partial charge in [-0.1, -0.05) is 19.9 Å². The fourth-order valence-corrected chi connectivity index (χ4v) is 3.00. The monoisotopic (exact) mass is 251 g/mol. The smallest absolute Gasteiger partial charge is 0.126 e. The topological polar surface area (TPSA) is 21.3 Å². The van der Waals surface area contributed by atoms with E-state index in [0.29, 0.717) is 11.8 Å². The predicted molar refractivity (Wildman–Crippen MR) is 71.3 cm³/mol. The summed E-state index contributed by atoms with van der Waals surface area (Å²) in [5.74, 6) is 0.376. The van der Waals surface area contributed by atoms with Crippen LogP contribution in [-0.2, 0) is 0 Å². The maximum atomic E-state index is 13.2. The second-order valence-corrected chi connectivity index (χ2v) is 5.76. The third kappa shape index (κ3) is 2.83. The molecule has 1 saturated carbocycles. The van der Waals surface area contributed by atoms with Crippen LogP contribution in [0.1, 0.15) is 33.1 Å². The van der Waals surface area contributed by atoms with Crippen LogP contribution in [0.5, 0.6) is 5.75 Å². The van der Waals surface area contributed by atoms with Crippen molar-refractivity contribution in [3.8, 4) is 5.75 Å². The molecule has 0 bridgehead atoms. The summed E-state index contributed by atoms with van der Waals surface area (Å²) in [5, 5.41) is 3.36. The summed E-state index contributed by atoms with van der Waals surface area (Å²) in [6.07, 6.45) is 3.48. The third-order valence-corrected chi connectivity index (χ3v) is 3.92. The van der Waals surface area contributed by atoms with Crippen LogP contribution in [0.4, 0.5) is 4.39 Å². The van der Waals surface area contributed by atoms with Crippen molar-refractivity contribution in [1.29, 1.82) is 0 Å². The second kappa shape index (κ2) is 5.27. The Bertz CT molecular complexity index is 405. The number of halogens is 1. The average Bonchev–Trinajstić information content (AvgIpc) is 2.28. The Morgan fingerprint density at radius 2 is 2.17 bits per heavy atom. The highest BCUT2D eigenvalue weighted by Crippen LogP contribution is 2.37. The SMILES string of the molecule is CNC1C(Oc2cccc(F)c2)CCCC1(C)C. The molecule has 0 heterocycles. The zero-order chi connectivity index (χ0) is 13.2. The van der Waals surface area contributed by atoms with Crippen LogP contribution in [0.25, 0.3) is 0 Å². The van der Waals surface area contributed by atoms with Crippen molar-refractivity contribution in [1.82, 2.24) is 5.32 Å². The summed E-state index contributed by atoms with van der Waals surface area (Å²) in [7, 11) is 1.97. The molecule has 1 aliphatic rings. The van der Waals surface area contributed by atoms with Gasteiger partial charge in [0.1, 0.15) is 17.7 Å². The number of ether oxygens (including phenoxy) is 1. The Morgan fingerprint density at radius 1 is 1.39 bits per heavy atom. The molecule has 1 aromatic rings. The van der Waals surface area contributed by atoms with Crippen LogP contribution in [0, 0.1) is 11.2 Å². The van der Waals surface area contributed by atoms with Gasteiger partial charge in [0, 0.05) is 12.1 Å². The van der Waals surface area contributed by atoms with E-state index in [1.807, 2.05) is 13.1 Å². The lowest BCUT2D eigenvalue weighted by atomic mass is 9.72. The van der Waals surface area contributed by atoms with Crippen molar-refractivity contribution in [2.75, 3.05) is 7.05 Å². The van der Waals surface area contributed by atoms with Crippen molar-refractivity contribution >= 4 is 0 Å². The quantitative estimate of drug-likeness (QED) is 0.889. The minimum absolute atomic E-state index is 0.112. The largest absolute Gasteiger partial charge is 0.489 e. The zero-order valence-corrected chi connectivity index (χ0v) is 11.4. The molecule has 2 rings (SSSR count). The van der Waals surface area contributed by atoms with Crippen molar-refractivity contribution in [3.05, 3.63) is 30.1 Å². The van der Waals surface area contributed by atoms with Crippen LogP contribution < -0.4 is 10.1 Å². The van der Waals surface area contributed by atoms with Crippen LogP contribution in [0.2, 0.25) is 0 Å². The Kier molecular flexibility index (Phi) is 3.91. The molecular formula is C15H22FNO. The van der Waals surface area contributed by atoms with E-state index >= 15 is 0 Å². The molecule has 1 aliphatic carbocycles. The minimum atomic E-state index is -0.247. The van der Waals surface area contributed by atoms with Gasteiger partial charge in [-0.2, -0.15) is 0 Å². The molecule has 0 spiro atoms. The first-order chi connectivity index (χ1) is 8.53. The van der Waals surface area contributed by atoms with Gasteiger partial charge < -0.3 is 10.1 Å². The summed E-state index contributed by atoms with van der Waals surface area (Å²) in [6.45, 7) is 4.52. The Hall–Kier alpha value is -1.09. The molecule has 2 nitrogen and oxygen atoms in total. The predicted octanol–water partition coefficient (Wildman–Crippen LogP) is 3.37. The number of hydrogen-bond acceptors (Lipinski definition) is 2. The van der Waals surface area contributed by atoms with Crippen LogP contribution >= 0.6 is 0 Å². The van der Waals surface area contributed by atoms with Gasteiger partial charge in [-0.05, 0) is 43.9 Å². The molecular weight excluding hydrogens is 229 g/mol. The highest BCUT2D eigenvalue weighted by molar-refractivity contribution is 5.23. The molecule has 0 amide bonds. The summed E-state index contributed by atoms with van der Waals surface area (Å²) in [6, 6.07) is 6.70. The van der Waals surface area contributed by atoms with E-state index in [0.717, 1.165) is 12.8 Å². The summed E-state index contributed by atoms with van der Waals surface area (Å²) < 4.78 is 19.1. The van der Waals surface area contributed by atoms with Crippen LogP contribution in [-0.4, -0.2) is 19.2 Å². The molecule has 0 aromatic heterocycles. The first-order valence-corrected chi connectivity index (χ1v) is 6.62. The molecule has 100 valence electrons. The fourth-order valence-electron chi connectivity index (χ4n) is 3.00. The van der Waals surface area contributed by atoms with Gasteiger partial charge in [0.05, 0.1) is 0 Å². The van der Waals surface area contributed by atoms with Gasteiger partial charge in [0.2, 0.25) is 0 Å². The van der Waals surface area contributed by atoms with E-state index in [1.54, 1.807) is 6.07 Å². The normalized spacial score (nSPS) is 26.9. The lowest BCUT2D eigenvalue weighted by molar-refractivity contribution is 0.0402. The van der Waals surface area contributed by atoms with Gasteiger partial charge >= 0.3 is 0 Å². The van der Waals surface area contributed by atoms with Gasteiger partial charge in [0.25, 0.3) is 0 Å². The number of benzene rings is 1. The molecule has 0 saturated heterocycles. The van der Waals surface area contributed by atoms with Crippen molar-refractivity contribution in [2.24, 2.45) is 5.41 Å². The van der Waals surface area contributed by atoms with E-state index in [1.165, 1.54) is 18.6 Å². The van der Waals surface area contributed by atoms with Crippen molar-refractivity contribution in [3.63, 3.8) is 0 Å². The molecule has 0 radical (unpaired) electrons. The Labute approximate surface area is 109 Å². The summed E-state index contributed by atoms with van der Waals surface area (Å²) in [4.78, 5) is 0. The minimum Gasteiger partial charge on any atom is -0.489 e. The number of nitrogens with one attached hydrogen (secondary N) is 1. The molecule has 0 aliphatic heterocycles. The number of likely N-dealkylation sites (N-methyl/N-ethyl adjacent to an activating group) is 1. The van der Waals surface area contributed by atoms with Crippen molar-refractivity contribution in [2.45, 2.75) is 45.3 Å². The molecule has 2 unspecified atom stereocenters. The molecule has 1 N–H and O–H groups in total. The van der Waals surface area contributed by atoms with Crippen LogP contribution in [0.15, 0.2) is 24.3 Å². The maximum absolute atomic E-state index is 13.2. The van der Waals surface area contributed by atoms with E-state index in [9.17, 15) is 4.39 Å². The first kappa shape index (κ1) is 13.3. The average molecular weight is 251 g/mol. The van der Waals surface area contributed by atoms with E-state index < -0.39 is 0 Å². The standard InChI is InChI=1S/C15H22FNO/c1-15(2)9-5-8-13(14(15)17-3)18-12-7-4-6-11(16)10-12/h4,6-7,10,13-14,17H,5,8-9H2,1-3H3. The third-order valence-electron chi connectivity index (χ3n) is 3.92. The highest BCUT2D eigenvalue weighted by Gasteiger charge is 2.39. The van der Waals surface area contributed by atoms with E-state index in [2.05, 4.69) is 19.2 Å². The zero-order valence-electron chi connectivity index (χ0n) is 11.4. The highest BCUT2D eigenvalue weighted by atomic mass is 19.1. The van der Waals surface area contributed by atoms with Gasteiger partial charge in [-0.25, -0.2) is 4.39 Å². The molecule has 2 atom stereocenters. The fraction of sp³-hybridized carbons (Fsp3) is 0.600. The number of hydrogen-bond donors (Lipinski definition) is 1. The summed E-state index contributed by atoms with van der Waals surface area (Å²) >= 11 is 0. The van der Waals surface area contributed by atoms with Crippen molar-refractivity contribution < 1.29 is 9.13 Å². The number of rotatable bonds is 3. The Balaban J connectivity index is 2.12. The molecule has 1 fully saturated rings. The van der Waals surface area contributed by atoms with Crippen LogP contribution in [0.3, 0.4) is 0 Å². The molecule has 18 heavy (non-hydrogen) atoms. The van der Waals surface area contributed by atoms with E-state index in [-0.39, 0.29) is 17.3 Å². The second-order valence-electron chi connectivity index (χ2n) is 5.76. The van der Waals surface area contributed by atoms with Gasteiger partial charge in [-0.15, -0.1) is 0 Å². The van der Waals surface area contributed by atoms with Gasteiger partial charge in [-0.3, -0.25) is 0 Å².